The Morgan fingerprint density at radius 3 is 2.75 bits per heavy atom. The summed E-state index contributed by atoms with van der Waals surface area (Å²) >= 11 is 5.59. The molecule has 3 nitrogen and oxygen atoms in total. The average molecular weight is 239 g/mol. The van der Waals surface area contributed by atoms with Crippen LogP contribution in [0.1, 0.15) is 17.3 Å². The summed E-state index contributed by atoms with van der Waals surface area (Å²) in [5, 5.41) is 6.23. The lowest BCUT2D eigenvalue weighted by Gasteiger charge is -2.10. The van der Waals surface area contributed by atoms with Gasteiger partial charge in [0.2, 0.25) is 0 Å². The molecule has 0 aliphatic rings. The smallest absolute Gasteiger partial charge is 0.253 e. The third-order valence-electron chi connectivity index (χ3n) is 1.98. The number of hydrogen-bond donors (Lipinski definition) is 2. The van der Waals surface area contributed by atoms with Crippen LogP contribution < -0.4 is 10.6 Å². The van der Waals surface area contributed by atoms with E-state index in [0.29, 0.717) is 10.6 Å². The highest BCUT2D eigenvalue weighted by molar-refractivity contribution is 6.29. The maximum Gasteiger partial charge on any atom is 0.253 e. The van der Waals surface area contributed by atoms with Crippen molar-refractivity contribution in [1.82, 2.24) is 5.32 Å². The van der Waals surface area contributed by atoms with Crippen LogP contribution in [0.25, 0.3) is 0 Å². The number of hydrogen-bond acceptors (Lipinski definition) is 2. The molecular formula is C12H15ClN2O. The molecule has 0 unspecified atom stereocenters. The van der Waals surface area contributed by atoms with Gasteiger partial charge in [0, 0.05) is 17.3 Å². The predicted molar refractivity (Wildman–Crippen MR) is 67.9 cm³/mol. The molecule has 4 heteroatoms. The number of carbonyl (C=O) groups excluding carboxylic acids is 1. The first-order valence-electron chi connectivity index (χ1n) is 5.09. The van der Waals surface area contributed by atoms with Gasteiger partial charge in [0.1, 0.15) is 0 Å². The van der Waals surface area contributed by atoms with Crippen molar-refractivity contribution in [3.05, 3.63) is 41.4 Å². The molecule has 86 valence electrons. The highest BCUT2D eigenvalue weighted by atomic mass is 35.5. The Hall–Kier alpha value is -1.48. The largest absolute Gasteiger partial charge is 0.385 e. The lowest BCUT2D eigenvalue weighted by Crippen LogP contribution is -2.25. The topological polar surface area (TPSA) is 41.1 Å². The molecule has 0 saturated carbocycles. The van der Waals surface area contributed by atoms with E-state index in [-0.39, 0.29) is 12.5 Å². The first kappa shape index (κ1) is 12.6. The number of rotatable bonds is 5. The Morgan fingerprint density at radius 2 is 2.12 bits per heavy atom. The highest BCUT2D eigenvalue weighted by Gasteiger charge is 2.09. The van der Waals surface area contributed by atoms with Crippen LogP contribution in [-0.4, -0.2) is 19.0 Å². The lowest BCUT2D eigenvalue weighted by molar-refractivity contribution is 0.0958. The standard InChI is InChI=1S/C12H15ClN2O/c1-3-14-11-7-5-4-6-10(11)12(16)15-8-9(2)13/h4-7,14H,2-3,8H2,1H3,(H,15,16). The molecule has 16 heavy (non-hydrogen) atoms. The summed E-state index contributed by atoms with van der Waals surface area (Å²) in [6, 6.07) is 7.35. The van der Waals surface area contributed by atoms with Gasteiger partial charge in [-0.15, -0.1) is 0 Å². The summed E-state index contributed by atoms with van der Waals surface area (Å²) in [6.07, 6.45) is 0. The fourth-order valence-corrected chi connectivity index (χ4v) is 1.36. The molecule has 2 N–H and O–H groups in total. The van der Waals surface area contributed by atoms with Gasteiger partial charge in [-0.1, -0.05) is 30.3 Å². The minimum Gasteiger partial charge on any atom is -0.385 e. The van der Waals surface area contributed by atoms with Crippen LogP contribution in [0.5, 0.6) is 0 Å². The number of carbonyl (C=O) groups is 1. The Morgan fingerprint density at radius 1 is 1.44 bits per heavy atom. The quantitative estimate of drug-likeness (QED) is 0.828. The van der Waals surface area contributed by atoms with Crippen molar-refractivity contribution in [2.45, 2.75) is 6.92 Å². The molecule has 0 aromatic heterocycles. The first-order chi connectivity index (χ1) is 7.65. The fourth-order valence-electron chi connectivity index (χ4n) is 1.30. The highest BCUT2D eigenvalue weighted by Crippen LogP contribution is 2.14. The van der Waals surface area contributed by atoms with Crippen molar-refractivity contribution in [3.63, 3.8) is 0 Å². The van der Waals surface area contributed by atoms with Crippen LogP contribution in [0.15, 0.2) is 35.9 Å². The molecule has 0 atom stereocenters. The van der Waals surface area contributed by atoms with E-state index in [4.69, 9.17) is 11.6 Å². The normalized spacial score (nSPS) is 9.62. The molecule has 0 radical (unpaired) electrons. The molecule has 0 fully saturated rings. The van der Waals surface area contributed by atoms with Crippen molar-refractivity contribution in [3.8, 4) is 0 Å². The molecule has 0 aliphatic carbocycles. The maximum absolute atomic E-state index is 11.8. The van der Waals surface area contributed by atoms with E-state index in [0.717, 1.165) is 12.2 Å². The Balaban J connectivity index is 2.77. The summed E-state index contributed by atoms with van der Waals surface area (Å²) in [6.45, 7) is 6.55. The van der Waals surface area contributed by atoms with Gasteiger partial charge in [0.25, 0.3) is 5.91 Å². The molecule has 1 aromatic rings. The van der Waals surface area contributed by atoms with Crippen LogP contribution in [0.3, 0.4) is 0 Å². The van der Waals surface area contributed by atoms with Gasteiger partial charge in [-0.2, -0.15) is 0 Å². The van der Waals surface area contributed by atoms with Crippen LogP contribution in [-0.2, 0) is 0 Å². The Bertz CT molecular complexity index is 390. The van der Waals surface area contributed by atoms with Crippen molar-refractivity contribution in [2.75, 3.05) is 18.4 Å². The number of benzene rings is 1. The van der Waals surface area contributed by atoms with E-state index in [9.17, 15) is 4.79 Å². The second-order valence-electron chi connectivity index (χ2n) is 3.28. The Labute approximate surface area is 100 Å². The molecule has 1 aromatic carbocycles. The van der Waals surface area contributed by atoms with Gasteiger partial charge in [-0.05, 0) is 19.1 Å². The van der Waals surface area contributed by atoms with Crippen LogP contribution >= 0.6 is 11.6 Å². The van der Waals surface area contributed by atoms with E-state index in [1.54, 1.807) is 6.07 Å². The fraction of sp³-hybridized carbons (Fsp3) is 0.250. The SMILES string of the molecule is C=C(Cl)CNC(=O)c1ccccc1NCC. The van der Waals surface area contributed by atoms with Crippen LogP contribution in [0, 0.1) is 0 Å². The van der Waals surface area contributed by atoms with Crippen molar-refractivity contribution in [1.29, 1.82) is 0 Å². The van der Waals surface area contributed by atoms with Gasteiger partial charge < -0.3 is 10.6 Å². The number of anilines is 1. The number of para-hydroxylation sites is 1. The maximum atomic E-state index is 11.8. The van der Waals surface area contributed by atoms with Crippen LogP contribution in [0.2, 0.25) is 0 Å². The van der Waals surface area contributed by atoms with Crippen molar-refractivity contribution >= 4 is 23.2 Å². The molecule has 1 amide bonds. The number of amides is 1. The summed E-state index contributed by atoms with van der Waals surface area (Å²) in [4.78, 5) is 11.8. The zero-order chi connectivity index (χ0) is 12.0. The molecule has 0 spiro atoms. The number of halogens is 1. The minimum atomic E-state index is -0.154. The third-order valence-corrected chi connectivity index (χ3v) is 2.11. The third kappa shape index (κ3) is 3.59. The second kappa shape index (κ2) is 6.18. The summed E-state index contributed by atoms with van der Waals surface area (Å²) in [5.74, 6) is -0.154. The van der Waals surface area contributed by atoms with Crippen molar-refractivity contribution in [2.24, 2.45) is 0 Å². The van der Waals surface area contributed by atoms with Gasteiger partial charge in [0.05, 0.1) is 12.1 Å². The zero-order valence-corrected chi connectivity index (χ0v) is 9.97. The average Bonchev–Trinajstić information content (AvgIpc) is 2.27. The van der Waals surface area contributed by atoms with E-state index < -0.39 is 0 Å². The molecule has 0 heterocycles. The second-order valence-corrected chi connectivity index (χ2v) is 3.81. The minimum absolute atomic E-state index is 0.154. The molecule has 0 saturated heterocycles. The molecular weight excluding hydrogens is 224 g/mol. The first-order valence-corrected chi connectivity index (χ1v) is 5.47. The van der Waals surface area contributed by atoms with Crippen LogP contribution in [0.4, 0.5) is 5.69 Å². The van der Waals surface area contributed by atoms with Gasteiger partial charge >= 0.3 is 0 Å². The molecule has 0 bridgehead atoms. The Kier molecular flexibility index (Phi) is 4.86. The van der Waals surface area contributed by atoms with Gasteiger partial charge in [0.15, 0.2) is 0 Å². The summed E-state index contributed by atoms with van der Waals surface area (Å²) in [5.41, 5.74) is 1.44. The monoisotopic (exact) mass is 238 g/mol. The predicted octanol–water partition coefficient (Wildman–Crippen LogP) is 2.60. The number of nitrogens with one attached hydrogen (secondary N) is 2. The molecule has 0 aliphatic heterocycles. The van der Waals surface area contributed by atoms with Gasteiger partial charge in [-0.3, -0.25) is 4.79 Å². The van der Waals surface area contributed by atoms with E-state index in [1.807, 2.05) is 25.1 Å². The van der Waals surface area contributed by atoms with Crippen molar-refractivity contribution < 1.29 is 4.79 Å². The van der Waals surface area contributed by atoms with Gasteiger partial charge in [-0.25, -0.2) is 0 Å². The summed E-state index contributed by atoms with van der Waals surface area (Å²) in [7, 11) is 0. The van der Waals surface area contributed by atoms with E-state index >= 15 is 0 Å². The van der Waals surface area contributed by atoms with E-state index in [2.05, 4.69) is 17.2 Å². The summed E-state index contributed by atoms with van der Waals surface area (Å²) < 4.78 is 0. The lowest BCUT2D eigenvalue weighted by atomic mass is 10.1. The zero-order valence-electron chi connectivity index (χ0n) is 9.22. The molecule has 1 rings (SSSR count). The van der Waals surface area contributed by atoms with E-state index in [1.165, 1.54) is 0 Å².